The molecule has 1 rings (SSSR count). The number of benzene rings is 1. The fourth-order valence-corrected chi connectivity index (χ4v) is 2.23. The molecule has 0 unspecified atom stereocenters. The molecule has 0 atom stereocenters. The van der Waals surface area contributed by atoms with E-state index in [1.165, 1.54) is 43.4 Å². The summed E-state index contributed by atoms with van der Waals surface area (Å²) in [5, 5.41) is 3.54. The molecular weight excluding hydrogens is 232 g/mol. The highest BCUT2D eigenvalue weighted by atomic mass is 15.0. The van der Waals surface area contributed by atoms with Crippen LogP contribution >= 0.6 is 0 Å². The van der Waals surface area contributed by atoms with Crippen LogP contribution in [0.1, 0.15) is 37.3 Å². The summed E-state index contributed by atoms with van der Waals surface area (Å²) in [4.78, 5) is 2.25. The molecule has 0 aliphatic heterocycles. The minimum Gasteiger partial charge on any atom is -0.317 e. The summed E-state index contributed by atoms with van der Waals surface area (Å²) in [5.74, 6) is 0. The smallest absolute Gasteiger partial charge is 0.00244 e. The van der Waals surface area contributed by atoms with Crippen molar-refractivity contribution in [2.24, 2.45) is 0 Å². The highest BCUT2D eigenvalue weighted by Crippen LogP contribution is 2.07. The Morgan fingerprint density at radius 2 is 1.74 bits per heavy atom. The van der Waals surface area contributed by atoms with Crippen molar-refractivity contribution in [1.29, 1.82) is 0 Å². The van der Waals surface area contributed by atoms with E-state index < -0.39 is 0 Å². The van der Waals surface area contributed by atoms with Crippen LogP contribution in [-0.2, 0) is 12.8 Å². The van der Waals surface area contributed by atoms with Gasteiger partial charge in [0, 0.05) is 0 Å². The van der Waals surface area contributed by atoms with Crippen LogP contribution in [-0.4, -0.2) is 38.6 Å². The SMILES string of the molecule is CCc1cccc(CCCNCCCCN(C)C)c1. The Balaban J connectivity index is 2.01. The molecule has 0 saturated heterocycles. The van der Waals surface area contributed by atoms with Crippen molar-refractivity contribution in [3.63, 3.8) is 0 Å². The van der Waals surface area contributed by atoms with E-state index in [9.17, 15) is 0 Å². The molecular formula is C17H30N2. The van der Waals surface area contributed by atoms with Crippen molar-refractivity contribution >= 4 is 0 Å². The molecule has 0 aliphatic carbocycles. The Kier molecular flexibility index (Phi) is 8.52. The lowest BCUT2D eigenvalue weighted by molar-refractivity contribution is 0.391. The Morgan fingerprint density at radius 3 is 2.47 bits per heavy atom. The number of unbranched alkanes of at least 4 members (excludes halogenated alkanes) is 1. The van der Waals surface area contributed by atoms with Gasteiger partial charge in [-0.05, 0) is 77.0 Å². The van der Waals surface area contributed by atoms with E-state index in [2.05, 4.69) is 55.5 Å². The predicted molar refractivity (Wildman–Crippen MR) is 84.8 cm³/mol. The van der Waals surface area contributed by atoms with Crippen molar-refractivity contribution in [2.75, 3.05) is 33.7 Å². The Labute approximate surface area is 119 Å². The van der Waals surface area contributed by atoms with E-state index in [0.717, 1.165) is 19.5 Å². The summed E-state index contributed by atoms with van der Waals surface area (Å²) in [7, 11) is 4.27. The third-order valence-corrected chi connectivity index (χ3v) is 3.43. The first kappa shape index (κ1) is 16.2. The lowest BCUT2D eigenvalue weighted by atomic mass is 10.1. The number of rotatable bonds is 10. The van der Waals surface area contributed by atoms with Crippen LogP contribution in [0.3, 0.4) is 0 Å². The van der Waals surface area contributed by atoms with Gasteiger partial charge in [-0.25, -0.2) is 0 Å². The fourth-order valence-electron chi connectivity index (χ4n) is 2.23. The van der Waals surface area contributed by atoms with Gasteiger partial charge in [0.2, 0.25) is 0 Å². The number of nitrogens with zero attached hydrogens (tertiary/aromatic N) is 1. The fraction of sp³-hybridized carbons (Fsp3) is 0.647. The summed E-state index contributed by atoms with van der Waals surface area (Å²) in [6, 6.07) is 8.99. The molecule has 2 nitrogen and oxygen atoms in total. The second-order valence-corrected chi connectivity index (χ2v) is 5.54. The molecule has 0 aliphatic rings. The summed E-state index contributed by atoms with van der Waals surface area (Å²) >= 11 is 0. The highest BCUT2D eigenvalue weighted by molar-refractivity contribution is 5.23. The maximum absolute atomic E-state index is 3.54. The Bertz CT molecular complexity index is 334. The molecule has 0 bridgehead atoms. The van der Waals surface area contributed by atoms with E-state index in [-0.39, 0.29) is 0 Å². The van der Waals surface area contributed by atoms with Crippen molar-refractivity contribution in [3.05, 3.63) is 35.4 Å². The average Bonchev–Trinajstić information content (AvgIpc) is 2.41. The van der Waals surface area contributed by atoms with Crippen LogP contribution in [0.4, 0.5) is 0 Å². The number of hydrogen-bond acceptors (Lipinski definition) is 2. The third kappa shape index (κ3) is 8.02. The minimum absolute atomic E-state index is 1.14. The molecule has 1 aromatic carbocycles. The zero-order valence-corrected chi connectivity index (χ0v) is 12.9. The molecule has 0 radical (unpaired) electrons. The number of hydrogen-bond donors (Lipinski definition) is 1. The zero-order chi connectivity index (χ0) is 13.9. The van der Waals surface area contributed by atoms with Crippen molar-refractivity contribution in [3.8, 4) is 0 Å². The summed E-state index contributed by atoms with van der Waals surface area (Å²) < 4.78 is 0. The van der Waals surface area contributed by atoms with E-state index in [4.69, 9.17) is 0 Å². The molecule has 2 heteroatoms. The molecule has 1 aromatic rings. The first-order valence-electron chi connectivity index (χ1n) is 7.65. The minimum atomic E-state index is 1.14. The van der Waals surface area contributed by atoms with Gasteiger partial charge in [-0.2, -0.15) is 0 Å². The van der Waals surface area contributed by atoms with Gasteiger partial charge < -0.3 is 10.2 Å². The first-order chi connectivity index (χ1) is 9.22. The second kappa shape index (κ2) is 9.99. The quantitative estimate of drug-likeness (QED) is 0.652. The standard InChI is InChI=1S/C17H30N2/c1-4-16-9-7-10-17(15-16)11-8-13-18-12-5-6-14-19(2)3/h7,9-10,15,18H,4-6,8,11-14H2,1-3H3. The topological polar surface area (TPSA) is 15.3 Å². The lowest BCUT2D eigenvalue weighted by Crippen LogP contribution is -2.19. The second-order valence-electron chi connectivity index (χ2n) is 5.54. The van der Waals surface area contributed by atoms with Crippen molar-refractivity contribution < 1.29 is 0 Å². The van der Waals surface area contributed by atoms with Gasteiger partial charge in [0.1, 0.15) is 0 Å². The molecule has 0 heterocycles. The molecule has 0 saturated carbocycles. The maximum atomic E-state index is 3.54. The van der Waals surface area contributed by atoms with Gasteiger partial charge in [-0.3, -0.25) is 0 Å². The molecule has 0 fully saturated rings. The number of nitrogens with one attached hydrogen (secondary N) is 1. The van der Waals surface area contributed by atoms with Gasteiger partial charge in [0.25, 0.3) is 0 Å². The summed E-state index contributed by atoms with van der Waals surface area (Å²) in [5.41, 5.74) is 2.93. The molecule has 1 N–H and O–H groups in total. The largest absolute Gasteiger partial charge is 0.317 e. The van der Waals surface area contributed by atoms with Crippen LogP contribution in [0.15, 0.2) is 24.3 Å². The van der Waals surface area contributed by atoms with Gasteiger partial charge >= 0.3 is 0 Å². The van der Waals surface area contributed by atoms with Crippen molar-refractivity contribution in [2.45, 2.75) is 39.0 Å². The van der Waals surface area contributed by atoms with Crippen LogP contribution < -0.4 is 5.32 Å². The van der Waals surface area contributed by atoms with Crippen LogP contribution in [0.5, 0.6) is 0 Å². The molecule has 0 amide bonds. The molecule has 19 heavy (non-hydrogen) atoms. The summed E-state index contributed by atoms with van der Waals surface area (Å²) in [6.45, 7) is 5.71. The molecule has 108 valence electrons. The van der Waals surface area contributed by atoms with E-state index in [1.54, 1.807) is 0 Å². The highest BCUT2D eigenvalue weighted by Gasteiger charge is 1.96. The van der Waals surface area contributed by atoms with Crippen LogP contribution in [0.2, 0.25) is 0 Å². The van der Waals surface area contributed by atoms with E-state index in [1.807, 2.05) is 0 Å². The van der Waals surface area contributed by atoms with E-state index >= 15 is 0 Å². The summed E-state index contributed by atoms with van der Waals surface area (Å²) in [6.07, 6.45) is 6.14. The van der Waals surface area contributed by atoms with E-state index in [0.29, 0.717) is 0 Å². The van der Waals surface area contributed by atoms with Crippen LogP contribution in [0.25, 0.3) is 0 Å². The lowest BCUT2D eigenvalue weighted by Gasteiger charge is -2.09. The molecule has 0 spiro atoms. The van der Waals surface area contributed by atoms with Crippen LogP contribution in [0, 0.1) is 0 Å². The average molecular weight is 262 g/mol. The monoisotopic (exact) mass is 262 g/mol. The Hall–Kier alpha value is -0.860. The van der Waals surface area contributed by atoms with Crippen molar-refractivity contribution in [1.82, 2.24) is 10.2 Å². The molecule has 0 aromatic heterocycles. The number of aryl methyl sites for hydroxylation is 2. The maximum Gasteiger partial charge on any atom is -0.00244 e. The first-order valence-corrected chi connectivity index (χ1v) is 7.65. The van der Waals surface area contributed by atoms with Gasteiger partial charge in [-0.1, -0.05) is 31.2 Å². The van der Waals surface area contributed by atoms with Gasteiger partial charge in [0.05, 0.1) is 0 Å². The van der Waals surface area contributed by atoms with Gasteiger partial charge in [-0.15, -0.1) is 0 Å². The Morgan fingerprint density at radius 1 is 1.00 bits per heavy atom. The normalized spacial score (nSPS) is 11.2. The third-order valence-electron chi connectivity index (χ3n) is 3.43. The zero-order valence-electron chi connectivity index (χ0n) is 12.9. The van der Waals surface area contributed by atoms with Gasteiger partial charge in [0.15, 0.2) is 0 Å². The predicted octanol–water partition coefficient (Wildman–Crippen LogP) is 3.11.